The van der Waals surface area contributed by atoms with Gasteiger partial charge in [0, 0.05) is 18.6 Å². The third-order valence-electron chi connectivity index (χ3n) is 3.53. The average Bonchev–Trinajstić information content (AvgIpc) is 2.38. The molecule has 3 nitrogen and oxygen atoms in total. The molecule has 2 unspecified atom stereocenters. The fourth-order valence-electron chi connectivity index (χ4n) is 2.51. The molecular weight excluding hydrogens is 418 g/mol. The Labute approximate surface area is 145 Å². The van der Waals surface area contributed by atoms with Crippen molar-refractivity contribution in [3.05, 3.63) is 11.6 Å². The van der Waals surface area contributed by atoms with Gasteiger partial charge in [-0.05, 0) is 18.8 Å². The number of nitrogens with one attached hydrogen (secondary N) is 2. The lowest BCUT2D eigenvalue weighted by atomic mass is 9.79. The summed E-state index contributed by atoms with van der Waals surface area (Å²) in [5.74, 6) is -1.18. The summed E-state index contributed by atoms with van der Waals surface area (Å²) in [6.45, 7) is 4.12. The number of hydrogen-bond donors (Lipinski definition) is 2. The highest BCUT2D eigenvalue weighted by atomic mass is 127. The van der Waals surface area contributed by atoms with Gasteiger partial charge in [-0.1, -0.05) is 31.0 Å². The third kappa shape index (κ3) is 7.58. The number of aliphatic imine (C=N–C) groups is 1. The molecule has 0 aromatic carbocycles. The SMILES string of the molecule is C=C(Cl)CNC(=NC)NCC1CCCCC1C(F)(F)F.I. The van der Waals surface area contributed by atoms with E-state index >= 15 is 0 Å². The van der Waals surface area contributed by atoms with Crippen LogP contribution in [0.5, 0.6) is 0 Å². The van der Waals surface area contributed by atoms with E-state index in [1.807, 2.05) is 0 Å². The predicted molar refractivity (Wildman–Crippen MR) is 91.3 cm³/mol. The smallest absolute Gasteiger partial charge is 0.356 e. The topological polar surface area (TPSA) is 36.4 Å². The van der Waals surface area contributed by atoms with Crippen LogP contribution in [0, 0.1) is 11.8 Å². The van der Waals surface area contributed by atoms with E-state index in [0.717, 1.165) is 6.42 Å². The molecule has 0 aromatic rings. The van der Waals surface area contributed by atoms with Gasteiger partial charge in [-0.15, -0.1) is 24.0 Å². The number of guanidine groups is 1. The molecular formula is C13H22ClF3IN3. The van der Waals surface area contributed by atoms with Crippen LogP contribution < -0.4 is 10.6 Å². The minimum Gasteiger partial charge on any atom is -0.356 e. The predicted octanol–water partition coefficient (Wildman–Crippen LogP) is 3.89. The Morgan fingerprint density at radius 1 is 1.29 bits per heavy atom. The first-order chi connectivity index (χ1) is 9.34. The number of halogens is 5. The van der Waals surface area contributed by atoms with Crippen LogP contribution in [0.15, 0.2) is 16.6 Å². The first-order valence-corrected chi connectivity index (χ1v) is 7.07. The molecule has 1 saturated carbocycles. The number of hydrogen-bond acceptors (Lipinski definition) is 1. The summed E-state index contributed by atoms with van der Waals surface area (Å²) in [6.07, 6.45) is -1.80. The molecule has 0 radical (unpaired) electrons. The number of alkyl halides is 3. The third-order valence-corrected chi connectivity index (χ3v) is 3.67. The summed E-state index contributed by atoms with van der Waals surface area (Å²) in [4.78, 5) is 3.95. The van der Waals surface area contributed by atoms with Crippen LogP contribution in [0.2, 0.25) is 0 Å². The molecule has 21 heavy (non-hydrogen) atoms. The number of nitrogens with zero attached hydrogens (tertiary/aromatic N) is 1. The normalized spacial score (nSPS) is 23.2. The lowest BCUT2D eigenvalue weighted by Crippen LogP contribution is -2.44. The summed E-state index contributed by atoms with van der Waals surface area (Å²) in [7, 11) is 1.56. The van der Waals surface area contributed by atoms with Crippen LogP contribution in [0.1, 0.15) is 25.7 Å². The van der Waals surface area contributed by atoms with E-state index in [1.54, 1.807) is 7.05 Å². The minimum absolute atomic E-state index is 0. The molecule has 1 rings (SSSR count). The molecule has 0 aliphatic heterocycles. The Morgan fingerprint density at radius 2 is 1.90 bits per heavy atom. The second-order valence-electron chi connectivity index (χ2n) is 5.02. The van der Waals surface area contributed by atoms with E-state index in [9.17, 15) is 13.2 Å². The van der Waals surface area contributed by atoms with E-state index in [0.29, 0.717) is 30.4 Å². The van der Waals surface area contributed by atoms with Gasteiger partial charge >= 0.3 is 6.18 Å². The standard InChI is InChI=1S/C13H21ClF3N3.HI/c1-9(14)7-19-12(18-2)20-8-10-5-3-4-6-11(10)13(15,16)17;/h10-11H,1,3-8H2,2H3,(H2,18,19,20);1H. The van der Waals surface area contributed by atoms with E-state index in [1.165, 1.54) is 0 Å². The lowest BCUT2D eigenvalue weighted by molar-refractivity contribution is -0.195. The number of rotatable bonds is 4. The van der Waals surface area contributed by atoms with Crippen LogP contribution in [-0.2, 0) is 0 Å². The van der Waals surface area contributed by atoms with Gasteiger partial charge in [0.2, 0.25) is 0 Å². The Morgan fingerprint density at radius 3 is 2.43 bits per heavy atom. The maximum atomic E-state index is 12.9. The zero-order chi connectivity index (χ0) is 15.2. The second kappa shape index (κ2) is 9.76. The van der Waals surface area contributed by atoms with E-state index < -0.39 is 18.0 Å². The molecule has 1 aliphatic carbocycles. The highest BCUT2D eigenvalue weighted by Gasteiger charge is 2.45. The van der Waals surface area contributed by atoms with Gasteiger partial charge in [0.05, 0.1) is 12.5 Å². The van der Waals surface area contributed by atoms with Crippen molar-refractivity contribution >= 4 is 41.5 Å². The van der Waals surface area contributed by atoms with Crippen molar-refractivity contribution < 1.29 is 13.2 Å². The summed E-state index contributed by atoms with van der Waals surface area (Å²) in [5.41, 5.74) is 0. The Hall–Kier alpha value is -0.180. The molecule has 1 aliphatic rings. The largest absolute Gasteiger partial charge is 0.392 e. The highest BCUT2D eigenvalue weighted by molar-refractivity contribution is 14.0. The Kier molecular flexibility index (Phi) is 9.68. The first-order valence-electron chi connectivity index (χ1n) is 6.69. The fraction of sp³-hybridized carbons (Fsp3) is 0.769. The van der Waals surface area contributed by atoms with Crippen LogP contribution >= 0.6 is 35.6 Å². The maximum Gasteiger partial charge on any atom is 0.392 e. The monoisotopic (exact) mass is 439 g/mol. The van der Waals surface area contributed by atoms with Gasteiger partial charge in [-0.25, -0.2) is 0 Å². The molecule has 0 spiro atoms. The molecule has 0 aromatic heterocycles. The molecule has 0 amide bonds. The van der Waals surface area contributed by atoms with Gasteiger partial charge < -0.3 is 10.6 Å². The van der Waals surface area contributed by atoms with Crippen molar-refractivity contribution in [2.24, 2.45) is 16.8 Å². The minimum atomic E-state index is -4.12. The first kappa shape index (κ1) is 20.8. The molecule has 1 fully saturated rings. The van der Waals surface area contributed by atoms with Crippen molar-refractivity contribution in [1.82, 2.24) is 10.6 Å². The van der Waals surface area contributed by atoms with E-state index in [-0.39, 0.29) is 36.9 Å². The summed E-state index contributed by atoms with van der Waals surface area (Å²) in [6, 6.07) is 0. The van der Waals surface area contributed by atoms with E-state index in [2.05, 4.69) is 22.2 Å². The highest BCUT2D eigenvalue weighted by Crippen LogP contribution is 2.41. The van der Waals surface area contributed by atoms with Crippen LogP contribution in [0.4, 0.5) is 13.2 Å². The molecule has 0 bridgehead atoms. The van der Waals surface area contributed by atoms with Gasteiger partial charge in [-0.2, -0.15) is 13.2 Å². The average molecular weight is 440 g/mol. The van der Waals surface area contributed by atoms with Crippen molar-refractivity contribution in [3.63, 3.8) is 0 Å². The van der Waals surface area contributed by atoms with E-state index in [4.69, 9.17) is 11.6 Å². The molecule has 0 saturated heterocycles. The van der Waals surface area contributed by atoms with Gasteiger partial charge in [0.1, 0.15) is 0 Å². The van der Waals surface area contributed by atoms with Gasteiger partial charge in [-0.3, -0.25) is 4.99 Å². The second-order valence-corrected chi connectivity index (χ2v) is 5.55. The Bertz CT molecular complexity index is 361. The maximum absolute atomic E-state index is 12.9. The zero-order valence-corrected chi connectivity index (χ0v) is 15.1. The molecule has 2 N–H and O–H groups in total. The van der Waals surface area contributed by atoms with Crippen LogP contribution in [0.3, 0.4) is 0 Å². The quantitative estimate of drug-likeness (QED) is 0.396. The Balaban J connectivity index is 0.00000400. The summed E-state index contributed by atoms with van der Waals surface area (Å²) in [5, 5.41) is 6.24. The van der Waals surface area contributed by atoms with Gasteiger partial charge in [0.25, 0.3) is 0 Å². The van der Waals surface area contributed by atoms with Crippen LogP contribution in [0.25, 0.3) is 0 Å². The van der Waals surface area contributed by atoms with Crippen molar-refractivity contribution in [2.45, 2.75) is 31.9 Å². The van der Waals surface area contributed by atoms with Gasteiger partial charge in [0.15, 0.2) is 5.96 Å². The van der Waals surface area contributed by atoms with Crippen molar-refractivity contribution in [1.29, 1.82) is 0 Å². The summed E-state index contributed by atoms with van der Waals surface area (Å²) < 4.78 is 38.8. The molecule has 8 heteroatoms. The lowest BCUT2D eigenvalue weighted by Gasteiger charge is -2.33. The van der Waals surface area contributed by atoms with Crippen molar-refractivity contribution in [3.8, 4) is 0 Å². The van der Waals surface area contributed by atoms with Crippen molar-refractivity contribution in [2.75, 3.05) is 20.1 Å². The fourth-order valence-corrected chi connectivity index (χ4v) is 2.58. The molecule has 2 atom stereocenters. The van der Waals surface area contributed by atoms with Crippen LogP contribution in [-0.4, -0.2) is 32.3 Å². The molecule has 0 heterocycles. The summed E-state index contributed by atoms with van der Waals surface area (Å²) >= 11 is 5.62. The molecule has 124 valence electrons. The zero-order valence-electron chi connectivity index (χ0n) is 12.0.